The van der Waals surface area contributed by atoms with E-state index in [0.717, 1.165) is 18.1 Å². The number of amides is 1. The smallest absolute Gasteiger partial charge is 0.225 e. The van der Waals surface area contributed by atoms with E-state index in [0.29, 0.717) is 17.8 Å². The van der Waals surface area contributed by atoms with Crippen LogP contribution in [0.1, 0.15) is 6.42 Å². The molecule has 4 nitrogen and oxygen atoms in total. The maximum Gasteiger partial charge on any atom is 0.225 e. The fourth-order valence-corrected chi connectivity index (χ4v) is 2.05. The fourth-order valence-electron chi connectivity index (χ4n) is 1.23. The molecule has 0 bridgehead atoms. The monoisotopic (exact) mass is 254 g/mol. The summed E-state index contributed by atoms with van der Waals surface area (Å²) in [6, 6.07) is 7.25. The predicted octanol–water partition coefficient (Wildman–Crippen LogP) is 1.98. The van der Waals surface area contributed by atoms with Gasteiger partial charge in [0.05, 0.1) is 18.0 Å². The first-order valence-corrected chi connectivity index (χ1v) is 6.60. The Morgan fingerprint density at radius 3 is 2.88 bits per heavy atom. The Hall–Kier alpha value is -1.20. The van der Waals surface area contributed by atoms with E-state index in [4.69, 9.17) is 10.5 Å². The van der Waals surface area contributed by atoms with Crippen molar-refractivity contribution in [3.05, 3.63) is 24.3 Å². The van der Waals surface area contributed by atoms with Gasteiger partial charge in [-0.1, -0.05) is 12.1 Å². The van der Waals surface area contributed by atoms with Gasteiger partial charge >= 0.3 is 0 Å². The van der Waals surface area contributed by atoms with Crippen LogP contribution < -0.4 is 11.1 Å². The lowest BCUT2D eigenvalue weighted by atomic mass is 10.2. The number of anilines is 2. The van der Waals surface area contributed by atoms with E-state index < -0.39 is 0 Å². The summed E-state index contributed by atoms with van der Waals surface area (Å²) in [5.41, 5.74) is 7.00. The second-order valence-corrected chi connectivity index (χ2v) is 4.72. The van der Waals surface area contributed by atoms with Gasteiger partial charge in [0.25, 0.3) is 0 Å². The molecule has 3 N–H and O–H groups in total. The van der Waals surface area contributed by atoms with Crippen LogP contribution in [0, 0.1) is 0 Å². The minimum absolute atomic E-state index is 0.00665. The number of thioether (sulfide) groups is 1. The van der Waals surface area contributed by atoms with Crippen molar-refractivity contribution in [3.8, 4) is 0 Å². The van der Waals surface area contributed by atoms with E-state index in [1.54, 1.807) is 31.0 Å². The van der Waals surface area contributed by atoms with Crippen LogP contribution in [0.25, 0.3) is 0 Å². The highest BCUT2D eigenvalue weighted by molar-refractivity contribution is 7.99. The van der Waals surface area contributed by atoms with Crippen LogP contribution >= 0.6 is 11.8 Å². The minimum Gasteiger partial charge on any atom is -0.397 e. The van der Waals surface area contributed by atoms with Gasteiger partial charge in [-0.15, -0.1) is 0 Å². The van der Waals surface area contributed by atoms with E-state index in [1.807, 2.05) is 12.1 Å². The zero-order chi connectivity index (χ0) is 12.5. The molecule has 94 valence electrons. The average Bonchev–Trinajstić information content (AvgIpc) is 2.32. The molecule has 0 spiro atoms. The molecule has 0 atom stereocenters. The highest BCUT2D eigenvalue weighted by Gasteiger charge is 2.04. The minimum atomic E-state index is -0.00665. The first-order chi connectivity index (χ1) is 8.24. The number of ether oxygens (including phenoxy) is 1. The first-order valence-electron chi connectivity index (χ1n) is 5.45. The predicted molar refractivity (Wildman–Crippen MR) is 73.3 cm³/mol. The molecule has 0 saturated heterocycles. The second-order valence-electron chi connectivity index (χ2n) is 3.49. The van der Waals surface area contributed by atoms with Gasteiger partial charge in [-0.25, -0.2) is 0 Å². The highest BCUT2D eigenvalue weighted by atomic mass is 32.2. The van der Waals surface area contributed by atoms with Gasteiger partial charge in [0.15, 0.2) is 0 Å². The zero-order valence-electron chi connectivity index (χ0n) is 9.94. The number of hydrogen-bond acceptors (Lipinski definition) is 4. The number of carbonyl (C=O) groups excluding carboxylic acids is 1. The van der Waals surface area contributed by atoms with E-state index in [9.17, 15) is 4.79 Å². The Balaban J connectivity index is 2.23. The molecule has 1 rings (SSSR count). The molecule has 0 aliphatic heterocycles. The molecule has 1 aromatic rings. The third-order valence-electron chi connectivity index (χ3n) is 2.14. The van der Waals surface area contributed by atoms with Crippen molar-refractivity contribution in [1.82, 2.24) is 0 Å². The first kappa shape index (κ1) is 13.9. The van der Waals surface area contributed by atoms with Gasteiger partial charge in [-0.2, -0.15) is 11.8 Å². The van der Waals surface area contributed by atoms with E-state index in [1.165, 1.54) is 0 Å². The van der Waals surface area contributed by atoms with Crippen LogP contribution in [-0.2, 0) is 9.53 Å². The summed E-state index contributed by atoms with van der Waals surface area (Å²) in [5, 5.41) is 2.79. The maximum absolute atomic E-state index is 11.6. The standard InChI is InChI=1S/C12H18N2O2S/c1-16-7-9-17-8-6-12(15)14-11-5-3-2-4-10(11)13/h2-5H,6-9,13H2,1H3,(H,14,15). The van der Waals surface area contributed by atoms with E-state index in [-0.39, 0.29) is 5.91 Å². The van der Waals surface area contributed by atoms with Crippen LogP contribution in [0.2, 0.25) is 0 Å². The van der Waals surface area contributed by atoms with Crippen LogP contribution in [0.4, 0.5) is 11.4 Å². The molecule has 0 radical (unpaired) electrons. The molecule has 0 saturated carbocycles. The Morgan fingerprint density at radius 1 is 1.41 bits per heavy atom. The van der Waals surface area contributed by atoms with Gasteiger partial charge in [0.2, 0.25) is 5.91 Å². The molecule has 17 heavy (non-hydrogen) atoms. The maximum atomic E-state index is 11.6. The van der Waals surface area contributed by atoms with Gasteiger partial charge in [0.1, 0.15) is 0 Å². The average molecular weight is 254 g/mol. The summed E-state index contributed by atoms with van der Waals surface area (Å²) in [7, 11) is 1.67. The summed E-state index contributed by atoms with van der Waals surface area (Å²) in [6.45, 7) is 0.720. The summed E-state index contributed by atoms with van der Waals surface area (Å²) in [4.78, 5) is 11.6. The van der Waals surface area contributed by atoms with Crippen LogP contribution in [0.5, 0.6) is 0 Å². The quantitative estimate of drug-likeness (QED) is 0.577. The molecular formula is C12H18N2O2S. The topological polar surface area (TPSA) is 64.3 Å². The number of benzene rings is 1. The Bertz CT molecular complexity index is 358. The molecule has 0 fully saturated rings. The highest BCUT2D eigenvalue weighted by Crippen LogP contribution is 2.17. The normalized spacial score (nSPS) is 10.2. The number of carbonyl (C=O) groups is 1. The number of nitrogens with two attached hydrogens (primary N) is 1. The van der Waals surface area contributed by atoms with Crippen LogP contribution in [-0.4, -0.2) is 31.1 Å². The summed E-state index contributed by atoms with van der Waals surface area (Å²) < 4.78 is 4.92. The summed E-state index contributed by atoms with van der Waals surface area (Å²) in [5.74, 6) is 1.70. The van der Waals surface area contributed by atoms with Crippen molar-refractivity contribution in [2.45, 2.75) is 6.42 Å². The largest absolute Gasteiger partial charge is 0.397 e. The molecule has 0 heterocycles. The number of hydrogen-bond donors (Lipinski definition) is 2. The zero-order valence-corrected chi connectivity index (χ0v) is 10.8. The number of nitrogen functional groups attached to an aromatic ring is 1. The van der Waals surface area contributed by atoms with Crippen molar-refractivity contribution in [2.75, 3.05) is 36.3 Å². The van der Waals surface area contributed by atoms with E-state index >= 15 is 0 Å². The van der Waals surface area contributed by atoms with Gasteiger partial charge in [-0.05, 0) is 12.1 Å². The second kappa shape index (κ2) is 7.97. The molecule has 0 aromatic heterocycles. The Labute approximate surface area is 106 Å². The molecule has 0 aliphatic rings. The number of rotatable bonds is 7. The van der Waals surface area contributed by atoms with Crippen molar-refractivity contribution < 1.29 is 9.53 Å². The molecule has 0 unspecified atom stereocenters. The molecule has 5 heteroatoms. The molecule has 1 amide bonds. The number of para-hydroxylation sites is 2. The van der Waals surface area contributed by atoms with Crippen LogP contribution in [0.3, 0.4) is 0 Å². The van der Waals surface area contributed by atoms with E-state index in [2.05, 4.69) is 5.32 Å². The summed E-state index contributed by atoms with van der Waals surface area (Å²) in [6.07, 6.45) is 0.489. The molecular weight excluding hydrogens is 236 g/mol. The summed E-state index contributed by atoms with van der Waals surface area (Å²) >= 11 is 1.70. The van der Waals surface area contributed by atoms with Gasteiger partial charge < -0.3 is 15.8 Å². The van der Waals surface area contributed by atoms with Crippen molar-refractivity contribution in [3.63, 3.8) is 0 Å². The van der Waals surface area contributed by atoms with Crippen molar-refractivity contribution in [2.24, 2.45) is 0 Å². The third-order valence-corrected chi connectivity index (χ3v) is 3.09. The number of nitrogens with one attached hydrogen (secondary N) is 1. The fraction of sp³-hybridized carbons (Fsp3) is 0.417. The number of methoxy groups -OCH3 is 1. The SMILES string of the molecule is COCCSCCC(=O)Nc1ccccc1N. The van der Waals surface area contributed by atoms with Crippen LogP contribution in [0.15, 0.2) is 24.3 Å². The van der Waals surface area contributed by atoms with Gasteiger partial charge in [-0.3, -0.25) is 4.79 Å². The Kier molecular flexibility index (Phi) is 6.50. The third kappa shape index (κ3) is 5.60. The molecule has 0 aliphatic carbocycles. The molecule has 1 aromatic carbocycles. The van der Waals surface area contributed by atoms with Crippen molar-refractivity contribution in [1.29, 1.82) is 0 Å². The van der Waals surface area contributed by atoms with Crippen molar-refractivity contribution >= 4 is 29.0 Å². The Morgan fingerprint density at radius 2 is 2.18 bits per heavy atom. The lowest BCUT2D eigenvalue weighted by Gasteiger charge is -2.07. The van der Waals surface area contributed by atoms with Gasteiger partial charge in [0, 0.05) is 25.0 Å². The lowest BCUT2D eigenvalue weighted by Crippen LogP contribution is -2.13. The lowest BCUT2D eigenvalue weighted by molar-refractivity contribution is -0.115.